The monoisotopic (exact) mass is 237 g/mol. The minimum Gasteiger partial charge on any atom is -0.370 e. The summed E-state index contributed by atoms with van der Waals surface area (Å²) in [6.07, 6.45) is 4.41. The van der Waals surface area contributed by atoms with Gasteiger partial charge in [0.25, 0.3) is 0 Å². The molecule has 86 valence electrons. The van der Waals surface area contributed by atoms with Crippen LogP contribution in [0.4, 0.5) is 5.69 Å². The Morgan fingerprint density at radius 1 is 1.31 bits per heavy atom. The van der Waals surface area contributed by atoms with Crippen LogP contribution in [0.3, 0.4) is 0 Å². The molecule has 3 nitrogen and oxygen atoms in total. The predicted octanol–water partition coefficient (Wildman–Crippen LogP) is 1.92. The molecule has 0 radical (unpaired) electrons. The smallest absolute Gasteiger partial charge is 0.129 e. The lowest BCUT2D eigenvalue weighted by atomic mass is 9.88. The average molecular weight is 238 g/mol. The lowest BCUT2D eigenvalue weighted by Crippen LogP contribution is -2.52. The molecule has 2 aliphatic heterocycles. The molecule has 2 atom stereocenters. The third-order valence-corrected chi connectivity index (χ3v) is 3.99. The normalized spacial score (nSPS) is 29.2. The van der Waals surface area contributed by atoms with Gasteiger partial charge in [0.1, 0.15) is 5.15 Å². The molecule has 3 heterocycles. The predicted molar refractivity (Wildman–Crippen MR) is 66.0 cm³/mol. The van der Waals surface area contributed by atoms with Gasteiger partial charge >= 0.3 is 0 Å². The van der Waals surface area contributed by atoms with Crippen LogP contribution in [-0.2, 0) is 0 Å². The molecule has 0 saturated carbocycles. The SMILES string of the molecule is Clc1ccc(N2CC[C@H]3CN[C@H]3CC2)cn1. The summed E-state index contributed by atoms with van der Waals surface area (Å²) in [5.41, 5.74) is 1.20. The maximum Gasteiger partial charge on any atom is 0.129 e. The van der Waals surface area contributed by atoms with Crippen molar-refractivity contribution in [2.75, 3.05) is 24.5 Å². The van der Waals surface area contributed by atoms with Crippen LogP contribution in [0.15, 0.2) is 18.3 Å². The first kappa shape index (κ1) is 10.4. The van der Waals surface area contributed by atoms with E-state index >= 15 is 0 Å². The van der Waals surface area contributed by atoms with Crippen LogP contribution in [0.2, 0.25) is 5.15 Å². The molecule has 1 aromatic heterocycles. The summed E-state index contributed by atoms with van der Waals surface area (Å²) in [5.74, 6) is 0.894. The second-order valence-electron chi connectivity index (χ2n) is 4.68. The zero-order chi connectivity index (χ0) is 11.0. The zero-order valence-electron chi connectivity index (χ0n) is 9.19. The molecule has 0 aliphatic carbocycles. The van der Waals surface area contributed by atoms with E-state index in [9.17, 15) is 0 Å². The van der Waals surface area contributed by atoms with Crippen molar-refractivity contribution in [2.24, 2.45) is 5.92 Å². The molecule has 0 spiro atoms. The van der Waals surface area contributed by atoms with Gasteiger partial charge in [-0.3, -0.25) is 0 Å². The summed E-state index contributed by atoms with van der Waals surface area (Å²) in [4.78, 5) is 6.57. The number of hydrogen-bond acceptors (Lipinski definition) is 3. The highest BCUT2D eigenvalue weighted by Gasteiger charge is 2.32. The van der Waals surface area contributed by atoms with Crippen LogP contribution in [0.25, 0.3) is 0 Å². The van der Waals surface area contributed by atoms with Gasteiger partial charge in [-0.05, 0) is 37.4 Å². The Morgan fingerprint density at radius 3 is 2.88 bits per heavy atom. The van der Waals surface area contributed by atoms with Crippen molar-refractivity contribution in [2.45, 2.75) is 18.9 Å². The highest BCUT2D eigenvalue weighted by atomic mass is 35.5. The van der Waals surface area contributed by atoms with Crippen molar-refractivity contribution < 1.29 is 0 Å². The van der Waals surface area contributed by atoms with Gasteiger partial charge in [-0.1, -0.05) is 11.6 Å². The number of aromatic nitrogens is 1. The molecule has 3 rings (SSSR count). The van der Waals surface area contributed by atoms with E-state index in [0.717, 1.165) is 25.0 Å². The lowest BCUT2D eigenvalue weighted by Gasteiger charge is -2.36. The zero-order valence-corrected chi connectivity index (χ0v) is 9.95. The molecular formula is C12H16ClN3. The van der Waals surface area contributed by atoms with E-state index in [2.05, 4.69) is 21.3 Å². The number of pyridine rings is 1. The number of nitrogens with zero attached hydrogens (tertiary/aromatic N) is 2. The van der Waals surface area contributed by atoms with E-state index in [4.69, 9.17) is 11.6 Å². The van der Waals surface area contributed by atoms with Crippen molar-refractivity contribution in [1.82, 2.24) is 10.3 Å². The molecule has 4 heteroatoms. The Morgan fingerprint density at radius 2 is 2.19 bits per heavy atom. The summed E-state index contributed by atoms with van der Waals surface area (Å²) in [6.45, 7) is 3.47. The maximum atomic E-state index is 5.80. The summed E-state index contributed by atoms with van der Waals surface area (Å²) in [7, 11) is 0. The fourth-order valence-electron chi connectivity index (χ4n) is 2.63. The average Bonchev–Trinajstić information content (AvgIpc) is 2.39. The molecular weight excluding hydrogens is 222 g/mol. The molecule has 0 amide bonds. The molecule has 16 heavy (non-hydrogen) atoms. The summed E-state index contributed by atoms with van der Waals surface area (Å²) in [5, 5.41) is 4.07. The van der Waals surface area contributed by atoms with Crippen molar-refractivity contribution in [3.8, 4) is 0 Å². The third kappa shape index (κ3) is 1.89. The second kappa shape index (κ2) is 4.22. The van der Waals surface area contributed by atoms with Crippen LogP contribution in [0, 0.1) is 5.92 Å². The number of fused-ring (bicyclic) bond motifs is 1. The Hall–Kier alpha value is -0.800. The lowest BCUT2D eigenvalue weighted by molar-refractivity contribution is 0.226. The van der Waals surface area contributed by atoms with Gasteiger partial charge < -0.3 is 10.2 Å². The minimum absolute atomic E-state index is 0.570. The first-order valence-corrected chi connectivity index (χ1v) is 6.30. The molecule has 2 saturated heterocycles. The number of rotatable bonds is 1. The third-order valence-electron chi connectivity index (χ3n) is 3.77. The quantitative estimate of drug-likeness (QED) is 0.757. The van der Waals surface area contributed by atoms with Crippen molar-refractivity contribution in [3.63, 3.8) is 0 Å². The van der Waals surface area contributed by atoms with E-state index < -0.39 is 0 Å². The first-order chi connectivity index (χ1) is 7.83. The van der Waals surface area contributed by atoms with E-state index in [0.29, 0.717) is 5.15 Å². The molecule has 0 unspecified atom stereocenters. The fourth-order valence-corrected chi connectivity index (χ4v) is 2.75. The van der Waals surface area contributed by atoms with Crippen molar-refractivity contribution in [3.05, 3.63) is 23.5 Å². The van der Waals surface area contributed by atoms with Crippen molar-refractivity contribution in [1.29, 1.82) is 0 Å². The van der Waals surface area contributed by atoms with Gasteiger partial charge in [-0.2, -0.15) is 0 Å². The van der Waals surface area contributed by atoms with E-state index in [1.165, 1.54) is 25.1 Å². The van der Waals surface area contributed by atoms with Crippen LogP contribution in [-0.4, -0.2) is 30.7 Å². The Balaban J connectivity index is 1.72. The minimum atomic E-state index is 0.570. The van der Waals surface area contributed by atoms with Gasteiger partial charge in [-0.15, -0.1) is 0 Å². The molecule has 0 aromatic carbocycles. The highest BCUT2D eigenvalue weighted by molar-refractivity contribution is 6.29. The van der Waals surface area contributed by atoms with Crippen molar-refractivity contribution >= 4 is 17.3 Å². The standard InChI is InChI=1S/C12H16ClN3/c13-12-2-1-10(8-15-12)16-5-3-9-7-14-11(9)4-6-16/h1-2,8-9,11,14H,3-7H2/t9-,11-/m0/s1. The van der Waals surface area contributed by atoms with Crippen LogP contribution in [0.5, 0.6) is 0 Å². The molecule has 2 fully saturated rings. The second-order valence-corrected chi connectivity index (χ2v) is 5.07. The van der Waals surface area contributed by atoms with Gasteiger partial charge in [-0.25, -0.2) is 4.98 Å². The van der Waals surface area contributed by atoms with Gasteiger partial charge in [0, 0.05) is 19.1 Å². The Bertz CT molecular complexity index is 351. The molecule has 0 bridgehead atoms. The van der Waals surface area contributed by atoms with Gasteiger partial charge in [0.05, 0.1) is 11.9 Å². The van der Waals surface area contributed by atoms with E-state index in [-0.39, 0.29) is 0 Å². The summed E-state index contributed by atoms with van der Waals surface area (Å²) >= 11 is 5.80. The largest absolute Gasteiger partial charge is 0.370 e. The van der Waals surface area contributed by atoms with E-state index in [1.54, 1.807) is 0 Å². The van der Waals surface area contributed by atoms with Gasteiger partial charge in [0.2, 0.25) is 0 Å². The Kier molecular flexibility index (Phi) is 2.74. The van der Waals surface area contributed by atoms with Crippen LogP contribution in [0.1, 0.15) is 12.8 Å². The maximum absolute atomic E-state index is 5.80. The first-order valence-electron chi connectivity index (χ1n) is 5.93. The van der Waals surface area contributed by atoms with E-state index in [1.807, 2.05) is 12.3 Å². The summed E-state index contributed by atoms with van der Waals surface area (Å²) in [6, 6.07) is 4.69. The summed E-state index contributed by atoms with van der Waals surface area (Å²) < 4.78 is 0. The molecule has 1 aromatic rings. The number of nitrogens with one attached hydrogen (secondary N) is 1. The highest BCUT2D eigenvalue weighted by Crippen LogP contribution is 2.27. The van der Waals surface area contributed by atoms with Crippen LogP contribution < -0.4 is 10.2 Å². The Labute approximate surface area is 101 Å². The number of halogens is 1. The molecule has 2 aliphatic rings. The molecule has 1 N–H and O–H groups in total. The number of anilines is 1. The topological polar surface area (TPSA) is 28.2 Å². The van der Waals surface area contributed by atoms with Crippen LogP contribution >= 0.6 is 11.6 Å². The van der Waals surface area contributed by atoms with Gasteiger partial charge in [0.15, 0.2) is 0 Å². The number of hydrogen-bond donors (Lipinski definition) is 1. The fraction of sp³-hybridized carbons (Fsp3) is 0.583.